The van der Waals surface area contributed by atoms with Crippen molar-refractivity contribution in [3.05, 3.63) is 59.7 Å². The van der Waals surface area contributed by atoms with E-state index in [2.05, 4.69) is 18.2 Å². The molecule has 1 aliphatic rings. The van der Waals surface area contributed by atoms with Crippen molar-refractivity contribution >= 4 is 0 Å². The first-order valence-corrected chi connectivity index (χ1v) is 8.38. The van der Waals surface area contributed by atoms with Gasteiger partial charge in [-0.3, -0.25) is 0 Å². The largest absolute Gasteiger partial charge is 0.493 e. The van der Waals surface area contributed by atoms with Crippen LogP contribution in [0.25, 0.3) is 0 Å². The summed E-state index contributed by atoms with van der Waals surface area (Å²) in [6.45, 7) is 0.527. The lowest BCUT2D eigenvalue weighted by molar-refractivity contribution is 0.283. The van der Waals surface area contributed by atoms with Crippen molar-refractivity contribution in [1.29, 1.82) is 0 Å². The van der Waals surface area contributed by atoms with Gasteiger partial charge in [0.2, 0.25) is 0 Å². The third kappa shape index (κ3) is 3.85. The number of nitrogens with two attached hydrogens (primary N) is 1. The number of rotatable bonds is 6. The Bertz CT molecular complexity index is 621. The van der Waals surface area contributed by atoms with Crippen molar-refractivity contribution < 1.29 is 9.47 Å². The molecule has 3 heteroatoms. The summed E-state index contributed by atoms with van der Waals surface area (Å²) in [5.74, 6) is 2.11. The maximum atomic E-state index is 6.47. The third-order valence-electron chi connectivity index (χ3n) is 4.72. The smallest absolute Gasteiger partial charge is 0.161 e. The quantitative estimate of drug-likeness (QED) is 0.856. The summed E-state index contributed by atoms with van der Waals surface area (Å²) in [6.07, 6.45) is 5.05. The summed E-state index contributed by atoms with van der Waals surface area (Å²) in [6, 6.07) is 16.3. The second kappa shape index (κ2) is 7.51. The zero-order valence-electron chi connectivity index (χ0n) is 13.7. The van der Waals surface area contributed by atoms with Crippen molar-refractivity contribution in [1.82, 2.24) is 0 Å². The number of benzene rings is 2. The van der Waals surface area contributed by atoms with Crippen LogP contribution in [0.4, 0.5) is 0 Å². The van der Waals surface area contributed by atoms with E-state index in [4.69, 9.17) is 15.2 Å². The monoisotopic (exact) mass is 311 g/mol. The van der Waals surface area contributed by atoms with E-state index in [1.54, 1.807) is 7.11 Å². The molecule has 1 fully saturated rings. The summed E-state index contributed by atoms with van der Waals surface area (Å²) < 4.78 is 11.4. The molecule has 2 aromatic carbocycles. The highest BCUT2D eigenvalue weighted by Gasteiger charge is 2.24. The van der Waals surface area contributed by atoms with E-state index in [-0.39, 0.29) is 6.04 Å². The summed E-state index contributed by atoms with van der Waals surface area (Å²) in [5.41, 5.74) is 8.75. The van der Waals surface area contributed by atoms with Crippen LogP contribution < -0.4 is 15.2 Å². The fraction of sp³-hybridized carbons (Fsp3) is 0.400. The highest BCUT2D eigenvalue weighted by Crippen LogP contribution is 2.37. The summed E-state index contributed by atoms with van der Waals surface area (Å²) in [5, 5.41) is 0. The van der Waals surface area contributed by atoms with E-state index in [1.165, 1.54) is 25.7 Å². The van der Waals surface area contributed by atoms with Crippen LogP contribution in [0.2, 0.25) is 0 Å². The average molecular weight is 311 g/mol. The number of hydrogen-bond acceptors (Lipinski definition) is 3. The molecule has 0 heterocycles. The Labute approximate surface area is 138 Å². The normalized spacial score (nSPS) is 16.3. The van der Waals surface area contributed by atoms with Crippen LogP contribution in [-0.2, 0) is 6.61 Å². The fourth-order valence-corrected chi connectivity index (χ4v) is 3.34. The van der Waals surface area contributed by atoms with Gasteiger partial charge in [0.15, 0.2) is 11.5 Å². The van der Waals surface area contributed by atoms with Gasteiger partial charge in [-0.25, -0.2) is 0 Å². The molecule has 3 rings (SSSR count). The van der Waals surface area contributed by atoms with Gasteiger partial charge in [-0.05, 0) is 42.0 Å². The SMILES string of the molecule is COc1ccc([C@H](N)C2CCCC2)cc1OCc1ccccc1. The molecule has 1 saturated carbocycles. The molecule has 0 radical (unpaired) electrons. The topological polar surface area (TPSA) is 44.5 Å². The Kier molecular flexibility index (Phi) is 5.19. The van der Waals surface area contributed by atoms with Gasteiger partial charge < -0.3 is 15.2 Å². The molecule has 0 aromatic heterocycles. The Hall–Kier alpha value is -2.00. The molecule has 2 aromatic rings. The summed E-state index contributed by atoms with van der Waals surface area (Å²) in [7, 11) is 1.67. The molecular weight excluding hydrogens is 286 g/mol. The van der Waals surface area contributed by atoms with Crippen LogP contribution in [0.15, 0.2) is 48.5 Å². The zero-order valence-corrected chi connectivity index (χ0v) is 13.7. The van der Waals surface area contributed by atoms with Crippen LogP contribution in [0.3, 0.4) is 0 Å². The molecule has 2 N–H and O–H groups in total. The Balaban J connectivity index is 1.75. The first-order chi connectivity index (χ1) is 11.3. The van der Waals surface area contributed by atoms with Crippen molar-refractivity contribution in [3.63, 3.8) is 0 Å². The van der Waals surface area contributed by atoms with Gasteiger partial charge in [-0.1, -0.05) is 49.2 Å². The maximum Gasteiger partial charge on any atom is 0.161 e. The first-order valence-electron chi connectivity index (χ1n) is 8.38. The van der Waals surface area contributed by atoms with E-state index in [0.29, 0.717) is 12.5 Å². The lowest BCUT2D eigenvalue weighted by atomic mass is 9.92. The van der Waals surface area contributed by atoms with Crippen molar-refractivity contribution in [2.45, 2.75) is 38.3 Å². The molecule has 0 bridgehead atoms. The van der Waals surface area contributed by atoms with Gasteiger partial charge in [0.25, 0.3) is 0 Å². The Morgan fingerprint density at radius 3 is 2.48 bits per heavy atom. The average Bonchev–Trinajstić information content (AvgIpc) is 3.14. The van der Waals surface area contributed by atoms with Gasteiger partial charge in [0.05, 0.1) is 7.11 Å². The van der Waals surface area contributed by atoms with Crippen molar-refractivity contribution in [2.24, 2.45) is 11.7 Å². The third-order valence-corrected chi connectivity index (χ3v) is 4.72. The van der Waals surface area contributed by atoms with Gasteiger partial charge in [-0.15, -0.1) is 0 Å². The van der Waals surface area contributed by atoms with Crippen LogP contribution in [0, 0.1) is 5.92 Å². The molecule has 1 atom stereocenters. The lowest BCUT2D eigenvalue weighted by Gasteiger charge is -2.21. The highest BCUT2D eigenvalue weighted by molar-refractivity contribution is 5.44. The highest BCUT2D eigenvalue weighted by atomic mass is 16.5. The van der Waals surface area contributed by atoms with Crippen LogP contribution >= 0.6 is 0 Å². The van der Waals surface area contributed by atoms with E-state index < -0.39 is 0 Å². The minimum Gasteiger partial charge on any atom is -0.493 e. The minimum absolute atomic E-state index is 0.0856. The molecule has 0 amide bonds. The van der Waals surface area contributed by atoms with Gasteiger partial charge in [0, 0.05) is 6.04 Å². The van der Waals surface area contributed by atoms with Crippen molar-refractivity contribution in [2.75, 3.05) is 7.11 Å². The van der Waals surface area contributed by atoms with E-state index >= 15 is 0 Å². The fourth-order valence-electron chi connectivity index (χ4n) is 3.34. The zero-order chi connectivity index (χ0) is 16.1. The van der Waals surface area contributed by atoms with E-state index in [9.17, 15) is 0 Å². The molecule has 1 aliphatic carbocycles. The minimum atomic E-state index is 0.0856. The predicted molar refractivity (Wildman–Crippen MR) is 92.7 cm³/mol. The van der Waals surface area contributed by atoms with E-state index in [0.717, 1.165) is 22.6 Å². The molecule has 0 spiro atoms. The maximum absolute atomic E-state index is 6.47. The molecule has 0 saturated heterocycles. The van der Waals surface area contributed by atoms with E-state index in [1.807, 2.05) is 30.3 Å². The van der Waals surface area contributed by atoms with Crippen molar-refractivity contribution in [3.8, 4) is 11.5 Å². The standard InChI is InChI=1S/C20H25NO2/c1-22-18-12-11-17(20(21)16-9-5-6-10-16)13-19(18)23-14-15-7-3-2-4-8-15/h2-4,7-8,11-13,16,20H,5-6,9-10,14,21H2,1H3/t20-/m1/s1. The number of methoxy groups -OCH3 is 1. The molecule has 122 valence electrons. The molecule has 3 nitrogen and oxygen atoms in total. The Morgan fingerprint density at radius 2 is 1.78 bits per heavy atom. The van der Waals surface area contributed by atoms with Crippen LogP contribution in [0.1, 0.15) is 42.9 Å². The number of hydrogen-bond donors (Lipinski definition) is 1. The predicted octanol–water partition coefficient (Wildman–Crippen LogP) is 4.46. The first kappa shape index (κ1) is 15.9. The molecule has 23 heavy (non-hydrogen) atoms. The molecule has 0 unspecified atom stereocenters. The molecular formula is C20H25NO2. The van der Waals surface area contributed by atoms with Gasteiger partial charge in [0.1, 0.15) is 6.61 Å². The van der Waals surface area contributed by atoms with Gasteiger partial charge in [-0.2, -0.15) is 0 Å². The molecule has 0 aliphatic heterocycles. The van der Waals surface area contributed by atoms with Crippen LogP contribution in [0.5, 0.6) is 11.5 Å². The lowest BCUT2D eigenvalue weighted by Crippen LogP contribution is -2.19. The summed E-state index contributed by atoms with van der Waals surface area (Å²) >= 11 is 0. The second-order valence-electron chi connectivity index (χ2n) is 6.25. The second-order valence-corrected chi connectivity index (χ2v) is 6.25. The summed E-state index contributed by atoms with van der Waals surface area (Å²) in [4.78, 5) is 0. The van der Waals surface area contributed by atoms with Crippen LogP contribution in [-0.4, -0.2) is 7.11 Å². The number of ether oxygens (including phenoxy) is 2. The Morgan fingerprint density at radius 1 is 1.04 bits per heavy atom. The van der Waals surface area contributed by atoms with Gasteiger partial charge >= 0.3 is 0 Å².